The van der Waals surface area contributed by atoms with Crippen molar-refractivity contribution < 1.29 is 4.74 Å². The zero-order chi connectivity index (χ0) is 10.7. The van der Waals surface area contributed by atoms with Gasteiger partial charge in [-0.2, -0.15) is 5.10 Å². The van der Waals surface area contributed by atoms with Crippen LogP contribution in [0.15, 0.2) is 6.20 Å². The van der Waals surface area contributed by atoms with Crippen LogP contribution >= 0.6 is 0 Å². The van der Waals surface area contributed by atoms with Gasteiger partial charge in [-0.3, -0.25) is 4.68 Å². The normalized spacial score (nSPS) is 21.8. The number of nitrogen functional groups attached to an aromatic ring is 1. The summed E-state index contributed by atoms with van der Waals surface area (Å²) in [6, 6.07) is 0. The minimum absolute atomic E-state index is 0.420. The van der Waals surface area contributed by atoms with E-state index >= 15 is 0 Å². The number of aryl methyl sites for hydroxylation is 1. The van der Waals surface area contributed by atoms with E-state index in [0.29, 0.717) is 6.10 Å². The Morgan fingerprint density at radius 1 is 1.60 bits per heavy atom. The Balaban J connectivity index is 1.84. The molecular formula is C11H19N3O. The van der Waals surface area contributed by atoms with Crippen molar-refractivity contribution in [3.05, 3.63) is 11.9 Å². The number of rotatable bonds is 3. The fourth-order valence-corrected chi connectivity index (χ4v) is 1.99. The molecule has 0 spiro atoms. The third-order valence-corrected chi connectivity index (χ3v) is 3.08. The van der Waals surface area contributed by atoms with Crippen LogP contribution in [0.25, 0.3) is 0 Å². The molecule has 1 unspecified atom stereocenters. The fourth-order valence-electron chi connectivity index (χ4n) is 1.99. The lowest BCUT2D eigenvalue weighted by Gasteiger charge is -2.22. The van der Waals surface area contributed by atoms with Gasteiger partial charge in [-0.25, -0.2) is 0 Å². The molecule has 1 aromatic rings. The lowest BCUT2D eigenvalue weighted by molar-refractivity contribution is 0.00820. The van der Waals surface area contributed by atoms with E-state index in [-0.39, 0.29) is 0 Å². The number of hydrogen-bond donors (Lipinski definition) is 1. The Morgan fingerprint density at radius 3 is 3.07 bits per heavy atom. The highest BCUT2D eigenvalue weighted by atomic mass is 16.5. The second-order valence-electron chi connectivity index (χ2n) is 4.19. The number of aromatic nitrogens is 2. The van der Waals surface area contributed by atoms with Gasteiger partial charge >= 0.3 is 0 Å². The lowest BCUT2D eigenvalue weighted by atomic mass is 10.1. The van der Waals surface area contributed by atoms with E-state index in [1.807, 2.05) is 11.6 Å². The summed E-state index contributed by atoms with van der Waals surface area (Å²) in [5.74, 6) is 0. The van der Waals surface area contributed by atoms with Gasteiger partial charge in [0.05, 0.1) is 23.7 Å². The van der Waals surface area contributed by atoms with Gasteiger partial charge in [0.25, 0.3) is 0 Å². The van der Waals surface area contributed by atoms with Gasteiger partial charge in [0.15, 0.2) is 0 Å². The van der Waals surface area contributed by atoms with Crippen molar-refractivity contribution in [1.29, 1.82) is 0 Å². The van der Waals surface area contributed by atoms with Crippen molar-refractivity contribution in [2.24, 2.45) is 0 Å². The molecule has 1 fully saturated rings. The zero-order valence-electron chi connectivity index (χ0n) is 9.28. The molecule has 4 nitrogen and oxygen atoms in total. The maximum Gasteiger partial charge on any atom is 0.0730 e. The van der Waals surface area contributed by atoms with Crippen molar-refractivity contribution in [1.82, 2.24) is 9.78 Å². The second kappa shape index (κ2) is 4.66. The van der Waals surface area contributed by atoms with Crippen LogP contribution in [0.2, 0.25) is 0 Å². The average molecular weight is 209 g/mol. The Hall–Kier alpha value is -1.03. The summed E-state index contributed by atoms with van der Waals surface area (Å²) in [6.07, 6.45) is 6.88. The van der Waals surface area contributed by atoms with E-state index in [2.05, 4.69) is 5.10 Å². The molecule has 0 bridgehead atoms. The molecule has 0 radical (unpaired) electrons. The molecule has 84 valence electrons. The summed E-state index contributed by atoms with van der Waals surface area (Å²) in [6.45, 7) is 3.84. The van der Waals surface area contributed by atoms with E-state index in [1.54, 1.807) is 6.20 Å². The summed E-state index contributed by atoms with van der Waals surface area (Å²) in [4.78, 5) is 0. The summed E-state index contributed by atoms with van der Waals surface area (Å²) in [7, 11) is 0. The number of ether oxygens (including phenoxy) is 1. The number of nitrogens with zero attached hydrogens (tertiary/aromatic N) is 2. The monoisotopic (exact) mass is 209 g/mol. The molecule has 1 aromatic heterocycles. The molecule has 2 heterocycles. The quantitative estimate of drug-likeness (QED) is 0.824. The maximum atomic E-state index is 5.73. The summed E-state index contributed by atoms with van der Waals surface area (Å²) in [5.41, 5.74) is 7.57. The standard InChI is InChI=1S/C11H19N3O/c1-9-11(12)8-13-14(9)6-5-10-4-2-3-7-15-10/h8,10H,2-7,12H2,1H3. The first kappa shape index (κ1) is 10.5. The van der Waals surface area contributed by atoms with E-state index in [0.717, 1.165) is 31.0 Å². The first-order chi connectivity index (χ1) is 7.27. The summed E-state index contributed by atoms with van der Waals surface area (Å²) in [5, 5.41) is 4.24. The van der Waals surface area contributed by atoms with E-state index in [1.165, 1.54) is 19.3 Å². The van der Waals surface area contributed by atoms with Crippen LogP contribution in [0.3, 0.4) is 0 Å². The third-order valence-electron chi connectivity index (χ3n) is 3.08. The van der Waals surface area contributed by atoms with Crippen molar-refractivity contribution >= 4 is 5.69 Å². The molecule has 2 rings (SSSR count). The minimum Gasteiger partial charge on any atom is -0.396 e. The minimum atomic E-state index is 0.420. The molecule has 0 saturated carbocycles. The highest BCUT2D eigenvalue weighted by Gasteiger charge is 2.14. The van der Waals surface area contributed by atoms with Crippen LogP contribution < -0.4 is 5.73 Å². The van der Waals surface area contributed by atoms with Gasteiger partial charge in [0.1, 0.15) is 0 Å². The predicted molar refractivity (Wildman–Crippen MR) is 59.6 cm³/mol. The average Bonchev–Trinajstić information content (AvgIpc) is 2.59. The predicted octanol–water partition coefficient (Wildman–Crippen LogP) is 1.73. The Bertz CT molecular complexity index is 316. The maximum absolute atomic E-state index is 5.73. The molecular weight excluding hydrogens is 190 g/mol. The van der Waals surface area contributed by atoms with Gasteiger partial charge < -0.3 is 10.5 Å². The van der Waals surface area contributed by atoms with Crippen LogP contribution in [-0.4, -0.2) is 22.5 Å². The molecule has 0 aromatic carbocycles. The molecule has 0 amide bonds. The molecule has 1 aliphatic rings. The molecule has 1 saturated heterocycles. The van der Waals surface area contributed by atoms with E-state index < -0.39 is 0 Å². The fraction of sp³-hybridized carbons (Fsp3) is 0.727. The van der Waals surface area contributed by atoms with Crippen molar-refractivity contribution in [2.45, 2.75) is 45.3 Å². The molecule has 4 heteroatoms. The molecule has 1 aliphatic heterocycles. The van der Waals surface area contributed by atoms with Crippen LogP contribution in [0.4, 0.5) is 5.69 Å². The van der Waals surface area contributed by atoms with Crippen molar-refractivity contribution in [2.75, 3.05) is 12.3 Å². The topological polar surface area (TPSA) is 53.1 Å². The number of hydrogen-bond acceptors (Lipinski definition) is 3. The Labute approximate surface area is 90.4 Å². The highest BCUT2D eigenvalue weighted by molar-refractivity contribution is 5.39. The summed E-state index contributed by atoms with van der Waals surface area (Å²) >= 11 is 0. The van der Waals surface area contributed by atoms with Gasteiger partial charge in [0, 0.05) is 13.2 Å². The summed E-state index contributed by atoms with van der Waals surface area (Å²) < 4.78 is 7.64. The van der Waals surface area contributed by atoms with Gasteiger partial charge in [0.2, 0.25) is 0 Å². The van der Waals surface area contributed by atoms with Gasteiger partial charge in [-0.05, 0) is 32.6 Å². The van der Waals surface area contributed by atoms with Gasteiger partial charge in [-0.15, -0.1) is 0 Å². The van der Waals surface area contributed by atoms with E-state index in [9.17, 15) is 0 Å². The first-order valence-electron chi connectivity index (χ1n) is 5.67. The Morgan fingerprint density at radius 2 is 2.47 bits per heavy atom. The largest absolute Gasteiger partial charge is 0.396 e. The smallest absolute Gasteiger partial charge is 0.0730 e. The van der Waals surface area contributed by atoms with Crippen molar-refractivity contribution in [3.8, 4) is 0 Å². The molecule has 1 atom stereocenters. The Kier molecular flexibility index (Phi) is 3.26. The van der Waals surface area contributed by atoms with Crippen LogP contribution in [-0.2, 0) is 11.3 Å². The van der Waals surface area contributed by atoms with Crippen LogP contribution in [0.5, 0.6) is 0 Å². The SMILES string of the molecule is Cc1c(N)cnn1CCC1CCCCO1. The zero-order valence-corrected chi connectivity index (χ0v) is 9.28. The third kappa shape index (κ3) is 2.50. The second-order valence-corrected chi connectivity index (χ2v) is 4.19. The van der Waals surface area contributed by atoms with Gasteiger partial charge in [-0.1, -0.05) is 0 Å². The molecule has 15 heavy (non-hydrogen) atoms. The van der Waals surface area contributed by atoms with Crippen LogP contribution in [0, 0.1) is 6.92 Å². The molecule has 2 N–H and O–H groups in total. The van der Waals surface area contributed by atoms with Crippen molar-refractivity contribution in [3.63, 3.8) is 0 Å². The number of nitrogens with two attached hydrogens (primary N) is 1. The highest BCUT2D eigenvalue weighted by Crippen LogP contribution is 2.17. The van der Waals surface area contributed by atoms with Crippen LogP contribution in [0.1, 0.15) is 31.4 Å². The first-order valence-corrected chi connectivity index (χ1v) is 5.67. The molecule has 0 aliphatic carbocycles. The lowest BCUT2D eigenvalue weighted by Crippen LogP contribution is -2.21. The van der Waals surface area contributed by atoms with E-state index in [4.69, 9.17) is 10.5 Å². The number of anilines is 1.